The maximum atomic E-state index is 12.9. The first kappa shape index (κ1) is 14.4. The lowest BCUT2D eigenvalue weighted by Crippen LogP contribution is -2.11. The summed E-state index contributed by atoms with van der Waals surface area (Å²) in [4.78, 5) is 4.73. The van der Waals surface area contributed by atoms with E-state index in [0.29, 0.717) is 4.90 Å². The van der Waals surface area contributed by atoms with Crippen LogP contribution in [0, 0.1) is 6.92 Å². The second-order valence-corrected chi connectivity index (χ2v) is 6.06. The molecule has 2 N–H and O–H groups in total. The van der Waals surface area contributed by atoms with E-state index < -0.39 is 11.7 Å². The summed E-state index contributed by atoms with van der Waals surface area (Å²) < 4.78 is 39.4. The largest absolute Gasteiger partial charge is 0.416 e. The Bertz CT molecular complexity index is 579. The van der Waals surface area contributed by atoms with Crippen LogP contribution in [0.15, 0.2) is 32.8 Å². The summed E-state index contributed by atoms with van der Waals surface area (Å²) in [5.74, 6) is 0. The van der Waals surface area contributed by atoms with Gasteiger partial charge in [0.2, 0.25) is 0 Å². The molecule has 2 aromatic rings. The Kier molecular flexibility index (Phi) is 4.17. The average molecular weight is 304 g/mol. The number of hydrogen-bond acceptors (Lipinski definition) is 4. The van der Waals surface area contributed by atoms with Gasteiger partial charge in [-0.1, -0.05) is 17.8 Å². The number of nitrogens with two attached hydrogens (primary N) is 1. The van der Waals surface area contributed by atoms with Gasteiger partial charge in [0.05, 0.1) is 5.56 Å². The van der Waals surface area contributed by atoms with Gasteiger partial charge < -0.3 is 5.73 Å². The molecule has 0 bridgehead atoms. The molecule has 0 amide bonds. The normalized spacial score (nSPS) is 11.8. The summed E-state index contributed by atoms with van der Waals surface area (Å²) in [6.45, 7) is 1.72. The smallest absolute Gasteiger partial charge is 0.326 e. The third-order valence-electron chi connectivity index (χ3n) is 2.41. The minimum atomic E-state index is -4.38. The van der Waals surface area contributed by atoms with Gasteiger partial charge >= 0.3 is 6.18 Å². The van der Waals surface area contributed by atoms with Crippen molar-refractivity contribution in [2.75, 3.05) is 0 Å². The zero-order valence-corrected chi connectivity index (χ0v) is 11.6. The summed E-state index contributed by atoms with van der Waals surface area (Å²) in [7, 11) is 0. The highest BCUT2D eigenvalue weighted by atomic mass is 32.2. The number of aryl methyl sites for hydroxylation is 1. The molecule has 0 radical (unpaired) electrons. The van der Waals surface area contributed by atoms with E-state index in [1.165, 1.54) is 29.2 Å². The highest BCUT2D eigenvalue weighted by molar-refractivity contribution is 8.01. The van der Waals surface area contributed by atoms with E-state index in [1.807, 2.05) is 12.3 Å². The van der Waals surface area contributed by atoms with Gasteiger partial charge in [-0.25, -0.2) is 4.98 Å². The van der Waals surface area contributed by atoms with Crippen molar-refractivity contribution >= 4 is 23.1 Å². The van der Waals surface area contributed by atoms with Crippen LogP contribution in [-0.2, 0) is 12.7 Å². The fourth-order valence-electron chi connectivity index (χ4n) is 1.54. The average Bonchev–Trinajstić information content (AvgIpc) is 2.73. The maximum absolute atomic E-state index is 12.9. The summed E-state index contributed by atoms with van der Waals surface area (Å²) in [6.07, 6.45) is -4.38. The van der Waals surface area contributed by atoms with Crippen molar-refractivity contribution in [3.05, 3.63) is 40.4 Å². The molecule has 0 fully saturated rings. The summed E-state index contributed by atoms with van der Waals surface area (Å²) >= 11 is 2.64. The van der Waals surface area contributed by atoms with Crippen LogP contribution in [0.2, 0.25) is 0 Å². The number of benzene rings is 1. The molecule has 1 aromatic heterocycles. The lowest BCUT2D eigenvalue weighted by atomic mass is 10.1. The molecule has 0 aliphatic heterocycles. The Morgan fingerprint density at radius 2 is 2.11 bits per heavy atom. The van der Waals surface area contributed by atoms with Crippen LogP contribution < -0.4 is 5.73 Å². The summed E-state index contributed by atoms with van der Waals surface area (Å²) in [5, 5.41) is 1.86. The second kappa shape index (κ2) is 5.52. The van der Waals surface area contributed by atoms with Gasteiger partial charge in [0.15, 0.2) is 4.34 Å². The van der Waals surface area contributed by atoms with Crippen LogP contribution in [0.3, 0.4) is 0 Å². The number of hydrogen-bond donors (Lipinski definition) is 1. The van der Waals surface area contributed by atoms with Crippen LogP contribution in [0.25, 0.3) is 0 Å². The van der Waals surface area contributed by atoms with Crippen molar-refractivity contribution in [1.82, 2.24) is 4.98 Å². The third kappa shape index (κ3) is 3.49. The predicted molar refractivity (Wildman–Crippen MR) is 70.3 cm³/mol. The van der Waals surface area contributed by atoms with Crippen molar-refractivity contribution < 1.29 is 13.2 Å². The van der Waals surface area contributed by atoms with Crippen molar-refractivity contribution in [2.24, 2.45) is 5.73 Å². The van der Waals surface area contributed by atoms with Gasteiger partial charge in [0.1, 0.15) is 0 Å². The Balaban J connectivity index is 2.32. The van der Waals surface area contributed by atoms with E-state index in [1.54, 1.807) is 6.07 Å². The first-order valence-electron chi connectivity index (χ1n) is 5.40. The minimum Gasteiger partial charge on any atom is -0.326 e. The molecular weight excluding hydrogens is 293 g/mol. The van der Waals surface area contributed by atoms with Gasteiger partial charge in [0.25, 0.3) is 0 Å². The molecule has 2 rings (SSSR count). The molecule has 19 heavy (non-hydrogen) atoms. The molecular formula is C12H11F3N2S2. The fraction of sp³-hybridized carbons (Fsp3) is 0.250. The van der Waals surface area contributed by atoms with Crippen molar-refractivity contribution in [3.63, 3.8) is 0 Å². The zero-order chi connectivity index (χ0) is 14.0. The van der Waals surface area contributed by atoms with E-state index in [9.17, 15) is 13.2 Å². The molecule has 0 atom stereocenters. The van der Waals surface area contributed by atoms with Crippen LogP contribution in [0.1, 0.15) is 16.8 Å². The van der Waals surface area contributed by atoms with E-state index in [2.05, 4.69) is 4.98 Å². The highest BCUT2D eigenvalue weighted by Gasteiger charge is 2.33. The third-order valence-corrected chi connectivity index (χ3v) is 4.46. The van der Waals surface area contributed by atoms with Gasteiger partial charge in [-0.05, 0) is 24.6 Å². The monoisotopic (exact) mass is 304 g/mol. The zero-order valence-electron chi connectivity index (χ0n) is 9.99. The van der Waals surface area contributed by atoms with Gasteiger partial charge in [0, 0.05) is 22.5 Å². The van der Waals surface area contributed by atoms with Gasteiger partial charge in [-0.2, -0.15) is 13.2 Å². The van der Waals surface area contributed by atoms with Gasteiger partial charge in [-0.15, -0.1) is 11.3 Å². The van der Waals surface area contributed by atoms with Crippen LogP contribution in [0.4, 0.5) is 13.2 Å². The summed E-state index contributed by atoms with van der Waals surface area (Å²) in [6, 6.07) is 4.19. The molecule has 102 valence electrons. The number of nitrogens with zero attached hydrogens (tertiary/aromatic N) is 1. The fourth-order valence-corrected chi connectivity index (χ4v) is 3.39. The number of thiazole rings is 1. The Morgan fingerprint density at radius 3 is 2.63 bits per heavy atom. The summed E-state index contributed by atoms with van der Waals surface area (Å²) in [5.41, 5.74) is 5.63. The molecule has 0 aliphatic carbocycles. The van der Waals surface area contributed by atoms with Crippen LogP contribution in [-0.4, -0.2) is 4.98 Å². The molecule has 0 saturated heterocycles. The van der Waals surface area contributed by atoms with Crippen LogP contribution in [0.5, 0.6) is 0 Å². The SMILES string of the molecule is Cc1csc(Sc2ccc(CN)c(C(F)(F)F)c2)n1. The standard InChI is InChI=1S/C12H11F3N2S2/c1-7-6-18-11(17-7)19-9-3-2-8(5-16)10(4-9)12(13,14)15/h2-4,6H,5,16H2,1H3. The predicted octanol–water partition coefficient (Wildman–Crippen LogP) is 4.08. The number of aromatic nitrogens is 1. The highest BCUT2D eigenvalue weighted by Crippen LogP contribution is 2.37. The number of rotatable bonds is 3. The Hall–Kier alpha value is -1.05. The van der Waals surface area contributed by atoms with Crippen molar-refractivity contribution in [1.29, 1.82) is 0 Å². The molecule has 1 aromatic carbocycles. The van der Waals surface area contributed by atoms with Crippen molar-refractivity contribution in [2.45, 2.75) is 28.9 Å². The lowest BCUT2D eigenvalue weighted by molar-refractivity contribution is -0.138. The number of halogens is 3. The Labute approximate surface area is 116 Å². The molecule has 0 aliphatic rings. The lowest BCUT2D eigenvalue weighted by Gasteiger charge is -2.12. The number of alkyl halides is 3. The molecule has 0 unspecified atom stereocenters. The topological polar surface area (TPSA) is 38.9 Å². The molecule has 1 heterocycles. The first-order chi connectivity index (χ1) is 8.90. The van der Waals surface area contributed by atoms with E-state index in [-0.39, 0.29) is 12.1 Å². The second-order valence-electron chi connectivity index (χ2n) is 3.88. The molecule has 0 saturated carbocycles. The van der Waals surface area contributed by atoms with E-state index in [4.69, 9.17) is 5.73 Å². The van der Waals surface area contributed by atoms with E-state index >= 15 is 0 Å². The van der Waals surface area contributed by atoms with Crippen LogP contribution >= 0.6 is 23.1 Å². The van der Waals surface area contributed by atoms with E-state index in [0.717, 1.165) is 16.1 Å². The van der Waals surface area contributed by atoms with Crippen molar-refractivity contribution in [3.8, 4) is 0 Å². The quantitative estimate of drug-likeness (QED) is 0.928. The minimum absolute atomic E-state index is 0.104. The molecule has 0 spiro atoms. The first-order valence-corrected chi connectivity index (χ1v) is 7.10. The maximum Gasteiger partial charge on any atom is 0.416 e. The molecule has 2 nitrogen and oxygen atoms in total. The molecule has 7 heteroatoms. The Morgan fingerprint density at radius 1 is 1.37 bits per heavy atom. The van der Waals surface area contributed by atoms with Gasteiger partial charge in [-0.3, -0.25) is 0 Å².